The zero-order valence-electron chi connectivity index (χ0n) is 13.1. The van der Waals surface area contributed by atoms with Gasteiger partial charge in [-0.15, -0.1) is 0 Å². The van der Waals surface area contributed by atoms with E-state index in [0.29, 0.717) is 22.1 Å². The SMILES string of the molecule is COc1c(I)cc(Cl)cc1C=C1C=C(c2ccc(C)cc2)OC1=O. The number of halogens is 2. The summed E-state index contributed by atoms with van der Waals surface area (Å²) >= 11 is 8.27. The van der Waals surface area contributed by atoms with Gasteiger partial charge in [0, 0.05) is 16.1 Å². The van der Waals surface area contributed by atoms with Crippen LogP contribution in [0.5, 0.6) is 5.75 Å². The van der Waals surface area contributed by atoms with Gasteiger partial charge in [-0.3, -0.25) is 0 Å². The fourth-order valence-corrected chi connectivity index (χ4v) is 3.70. The van der Waals surface area contributed by atoms with Crippen molar-refractivity contribution >= 4 is 52.0 Å². The topological polar surface area (TPSA) is 35.5 Å². The van der Waals surface area contributed by atoms with Gasteiger partial charge in [0.2, 0.25) is 0 Å². The smallest absolute Gasteiger partial charge is 0.343 e. The Balaban J connectivity index is 2.02. The second-order valence-electron chi connectivity index (χ2n) is 5.37. The van der Waals surface area contributed by atoms with Crippen LogP contribution in [0.2, 0.25) is 5.02 Å². The minimum absolute atomic E-state index is 0.386. The lowest BCUT2D eigenvalue weighted by Crippen LogP contribution is -1.98. The number of aryl methyl sites for hydroxylation is 1. The first kappa shape index (κ1) is 17.0. The molecule has 0 bridgehead atoms. The van der Waals surface area contributed by atoms with Crippen molar-refractivity contribution in [3.63, 3.8) is 0 Å². The fourth-order valence-electron chi connectivity index (χ4n) is 2.42. The molecule has 2 aromatic carbocycles. The molecule has 0 aliphatic carbocycles. The molecule has 0 atom stereocenters. The van der Waals surface area contributed by atoms with Crippen molar-refractivity contribution in [3.8, 4) is 5.75 Å². The molecule has 0 fully saturated rings. The third kappa shape index (κ3) is 3.49. The highest BCUT2D eigenvalue weighted by Crippen LogP contribution is 2.33. The number of esters is 1. The van der Waals surface area contributed by atoms with Crippen LogP contribution in [-0.2, 0) is 9.53 Å². The predicted octanol–water partition coefficient (Wildman–Crippen LogP) is 5.24. The van der Waals surface area contributed by atoms with Crippen molar-refractivity contribution in [2.24, 2.45) is 0 Å². The number of methoxy groups -OCH3 is 1. The molecule has 0 unspecified atom stereocenters. The Bertz CT molecular complexity index is 867. The Morgan fingerprint density at radius 3 is 2.58 bits per heavy atom. The summed E-state index contributed by atoms with van der Waals surface area (Å²) in [4.78, 5) is 12.2. The highest BCUT2D eigenvalue weighted by atomic mass is 127. The minimum atomic E-state index is -0.386. The van der Waals surface area contributed by atoms with E-state index in [9.17, 15) is 4.79 Å². The summed E-state index contributed by atoms with van der Waals surface area (Å²) in [6.45, 7) is 2.01. The van der Waals surface area contributed by atoms with Crippen molar-refractivity contribution in [2.75, 3.05) is 7.11 Å². The second-order valence-corrected chi connectivity index (χ2v) is 6.97. The molecular weight excluding hydrogens is 439 g/mol. The largest absolute Gasteiger partial charge is 0.495 e. The number of hydrogen-bond donors (Lipinski definition) is 0. The van der Waals surface area contributed by atoms with Gasteiger partial charge < -0.3 is 9.47 Å². The first-order chi connectivity index (χ1) is 11.5. The lowest BCUT2D eigenvalue weighted by atomic mass is 10.1. The third-order valence-electron chi connectivity index (χ3n) is 3.61. The first-order valence-electron chi connectivity index (χ1n) is 7.23. The molecule has 1 aliphatic heterocycles. The zero-order chi connectivity index (χ0) is 17.3. The molecule has 0 amide bonds. The van der Waals surface area contributed by atoms with Crippen molar-refractivity contribution in [1.29, 1.82) is 0 Å². The fraction of sp³-hybridized carbons (Fsp3) is 0.105. The van der Waals surface area contributed by atoms with Gasteiger partial charge in [0.15, 0.2) is 0 Å². The summed E-state index contributed by atoms with van der Waals surface area (Å²) in [5, 5.41) is 0.584. The molecule has 2 aromatic rings. The average Bonchev–Trinajstić information content (AvgIpc) is 2.88. The van der Waals surface area contributed by atoms with Gasteiger partial charge in [0.25, 0.3) is 0 Å². The quantitative estimate of drug-likeness (QED) is 0.363. The summed E-state index contributed by atoms with van der Waals surface area (Å²) in [7, 11) is 1.59. The summed E-state index contributed by atoms with van der Waals surface area (Å²) in [5.74, 6) is 0.835. The maximum Gasteiger partial charge on any atom is 0.343 e. The van der Waals surface area contributed by atoms with Crippen LogP contribution in [0.25, 0.3) is 11.8 Å². The van der Waals surface area contributed by atoms with Crippen molar-refractivity contribution in [3.05, 3.63) is 73.3 Å². The van der Waals surface area contributed by atoms with Crippen LogP contribution in [0.3, 0.4) is 0 Å². The first-order valence-corrected chi connectivity index (χ1v) is 8.69. The highest BCUT2D eigenvalue weighted by Gasteiger charge is 2.22. The lowest BCUT2D eigenvalue weighted by Gasteiger charge is -2.08. The summed E-state index contributed by atoms with van der Waals surface area (Å²) in [6, 6.07) is 11.4. The van der Waals surface area contributed by atoms with Gasteiger partial charge in [-0.1, -0.05) is 41.4 Å². The predicted molar refractivity (Wildman–Crippen MR) is 104 cm³/mol. The van der Waals surface area contributed by atoms with Crippen LogP contribution in [0.4, 0.5) is 0 Å². The van der Waals surface area contributed by atoms with Crippen molar-refractivity contribution < 1.29 is 14.3 Å². The monoisotopic (exact) mass is 452 g/mol. The summed E-state index contributed by atoms with van der Waals surface area (Å²) < 4.78 is 11.7. The number of benzene rings is 2. The van der Waals surface area contributed by atoms with Crippen LogP contribution < -0.4 is 4.74 Å². The maximum atomic E-state index is 12.2. The molecule has 0 saturated carbocycles. The van der Waals surface area contributed by atoms with Crippen LogP contribution in [0.1, 0.15) is 16.7 Å². The van der Waals surface area contributed by atoms with Crippen LogP contribution in [0, 0.1) is 10.5 Å². The number of rotatable bonds is 3. The highest BCUT2D eigenvalue weighted by molar-refractivity contribution is 14.1. The van der Waals surface area contributed by atoms with E-state index in [1.165, 1.54) is 0 Å². The number of carbonyl (C=O) groups is 1. The zero-order valence-corrected chi connectivity index (χ0v) is 16.0. The van der Waals surface area contributed by atoms with Gasteiger partial charge in [-0.25, -0.2) is 4.79 Å². The van der Waals surface area contributed by atoms with Crippen LogP contribution in [0.15, 0.2) is 48.0 Å². The second kappa shape index (κ2) is 6.99. The van der Waals surface area contributed by atoms with E-state index < -0.39 is 0 Å². The van der Waals surface area contributed by atoms with Gasteiger partial charge in [0.1, 0.15) is 11.5 Å². The van der Waals surface area contributed by atoms with E-state index in [0.717, 1.165) is 20.3 Å². The van der Waals surface area contributed by atoms with E-state index in [-0.39, 0.29) is 5.97 Å². The Morgan fingerprint density at radius 2 is 1.92 bits per heavy atom. The Hall–Kier alpha value is -1.79. The average molecular weight is 453 g/mol. The number of carbonyl (C=O) groups excluding carboxylic acids is 1. The Kier molecular flexibility index (Phi) is 4.96. The van der Waals surface area contributed by atoms with Crippen LogP contribution in [-0.4, -0.2) is 13.1 Å². The van der Waals surface area contributed by atoms with E-state index in [2.05, 4.69) is 22.6 Å². The maximum absolute atomic E-state index is 12.2. The normalized spacial score (nSPS) is 15.4. The van der Waals surface area contributed by atoms with E-state index >= 15 is 0 Å². The van der Waals surface area contributed by atoms with Gasteiger partial charge >= 0.3 is 5.97 Å². The molecule has 0 saturated heterocycles. The molecule has 1 aliphatic rings. The summed E-state index contributed by atoms with van der Waals surface area (Å²) in [6.07, 6.45) is 3.47. The lowest BCUT2D eigenvalue weighted by molar-refractivity contribution is -0.130. The third-order valence-corrected chi connectivity index (χ3v) is 4.63. The summed E-state index contributed by atoms with van der Waals surface area (Å²) in [5.41, 5.74) is 3.22. The van der Waals surface area contributed by atoms with Gasteiger partial charge in [0.05, 0.1) is 16.3 Å². The minimum Gasteiger partial charge on any atom is -0.495 e. The molecule has 0 spiro atoms. The molecular formula is C19H14ClIO3. The molecule has 122 valence electrons. The van der Waals surface area contributed by atoms with E-state index in [1.807, 2.05) is 37.3 Å². The van der Waals surface area contributed by atoms with Crippen LogP contribution >= 0.6 is 34.2 Å². The molecule has 3 rings (SSSR count). The van der Waals surface area contributed by atoms with Crippen molar-refractivity contribution in [1.82, 2.24) is 0 Å². The van der Waals surface area contributed by atoms with Crippen molar-refractivity contribution in [2.45, 2.75) is 6.92 Å². The Labute approximate surface area is 159 Å². The Morgan fingerprint density at radius 1 is 1.21 bits per heavy atom. The van der Waals surface area contributed by atoms with E-state index in [4.69, 9.17) is 21.1 Å². The molecule has 0 N–H and O–H groups in total. The number of ether oxygens (including phenoxy) is 2. The van der Waals surface area contributed by atoms with Gasteiger partial charge in [-0.05, 0) is 53.8 Å². The molecule has 3 nitrogen and oxygen atoms in total. The molecule has 24 heavy (non-hydrogen) atoms. The van der Waals surface area contributed by atoms with E-state index in [1.54, 1.807) is 25.3 Å². The molecule has 0 radical (unpaired) electrons. The van der Waals surface area contributed by atoms with Gasteiger partial charge in [-0.2, -0.15) is 0 Å². The number of cyclic esters (lactones) is 1. The standard InChI is InChI=1S/C19H14ClIO3/c1-11-3-5-12(6-4-11)17-9-14(19(22)24-17)7-13-8-15(20)10-16(21)18(13)23-2/h3-10H,1-2H3. The number of hydrogen-bond acceptors (Lipinski definition) is 3. The molecule has 1 heterocycles. The molecule has 5 heteroatoms. The molecule has 0 aromatic heterocycles.